The minimum atomic E-state index is -0.614. The Labute approximate surface area is 202 Å². The molecule has 2 aromatic carbocycles. The van der Waals surface area contributed by atoms with Crippen molar-refractivity contribution in [3.8, 4) is 5.75 Å². The number of para-hydroxylation sites is 1. The third-order valence-corrected chi connectivity index (χ3v) is 5.74. The van der Waals surface area contributed by atoms with Crippen LogP contribution in [0.3, 0.4) is 0 Å². The number of rotatable bonds is 6. The fourth-order valence-corrected chi connectivity index (χ4v) is 3.95. The highest BCUT2D eigenvalue weighted by Gasteiger charge is 2.39. The van der Waals surface area contributed by atoms with Gasteiger partial charge in [-0.2, -0.15) is 0 Å². The van der Waals surface area contributed by atoms with Crippen molar-refractivity contribution in [1.29, 1.82) is 0 Å². The van der Waals surface area contributed by atoms with Crippen molar-refractivity contribution in [3.05, 3.63) is 63.7 Å². The van der Waals surface area contributed by atoms with Gasteiger partial charge in [0.2, 0.25) is 0 Å². The number of amides is 2. The lowest BCUT2D eigenvalue weighted by Crippen LogP contribution is -2.43. The van der Waals surface area contributed by atoms with Crippen molar-refractivity contribution >= 4 is 34.8 Å². The van der Waals surface area contributed by atoms with Crippen LogP contribution in [0, 0.1) is 3.57 Å². The maximum Gasteiger partial charge on any atom is 0.410 e. The summed E-state index contributed by atoms with van der Waals surface area (Å²) in [4.78, 5) is 26.7. The zero-order valence-electron chi connectivity index (χ0n) is 18.5. The molecular weight excluding hydrogens is 523 g/mol. The van der Waals surface area contributed by atoms with E-state index in [0.717, 1.165) is 14.9 Å². The summed E-state index contributed by atoms with van der Waals surface area (Å²) in [5.41, 5.74) is 0.297. The molecule has 172 valence electrons. The van der Waals surface area contributed by atoms with Gasteiger partial charge in [-0.3, -0.25) is 4.90 Å². The third-order valence-electron chi connectivity index (χ3n) is 4.85. The van der Waals surface area contributed by atoms with Crippen molar-refractivity contribution < 1.29 is 23.8 Å². The van der Waals surface area contributed by atoms with Gasteiger partial charge in [0.15, 0.2) is 0 Å². The van der Waals surface area contributed by atoms with Crippen molar-refractivity contribution in [2.75, 3.05) is 13.2 Å². The van der Waals surface area contributed by atoms with Gasteiger partial charge in [-0.15, -0.1) is 0 Å². The quantitative estimate of drug-likeness (QED) is 0.512. The van der Waals surface area contributed by atoms with E-state index in [-0.39, 0.29) is 18.7 Å². The Morgan fingerprint density at radius 2 is 1.78 bits per heavy atom. The summed E-state index contributed by atoms with van der Waals surface area (Å²) < 4.78 is 17.9. The average Bonchev–Trinajstić information content (AvgIpc) is 3.14. The van der Waals surface area contributed by atoms with E-state index in [4.69, 9.17) is 14.2 Å². The number of carbonyl (C=O) groups excluding carboxylic acids is 2. The molecule has 7 nitrogen and oxygen atoms in total. The van der Waals surface area contributed by atoms with E-state index < -0.39 is 17.8 Å². The second kappa shape index (κ2) is 10.9. The molecule has 0 bridgehead atoms. The van der Waals surface area contributed by atoms with Crippen LogP contribution in [0.2, 0.25) is 0 Å². The molecular formula is C24H29IN2O5. The Hall–Kier alpha value is -2.49. The van der Waals surface area contributed by atoms with Gasteiger partial charge in [0.25, 0.3) is 0 Å². The highest BCUT2D eigenvalue weighted by atomic mass is 127. The predicted octanol–water partition coefficient (Wildman–Crippen LogP) is 4.97. The van der Waals surface area contributed by atoms with Gasteiger partial charge >= 0.3 is 12.2 Å². The SMILES string of the molecule is CC(C)(C)OC(=O)N1C[C@H](NC(=O)OCc2ccccc2)C[C@H]1COc1ccccc1I. The molecule has 1 heterocycles. The summed E-state index contributed by atoms with van der Waals surface area (Å²) in [5, 5.41) is 2.87. The van der Waals surface area contributed by atoms with Crippen molar-refractivity contribution in [2.24, 2.45) is 0 Å². The number of alkyl carbamates (subject to hydrolysis) is 1. The molecule has 1 aliphatic heterocycles. The van der Waals surface area contributed by atoms with E-state index in [2.05, 4.69) is 27.9 Å². The lowest BCUT2D eigenvalue weighted by atomic mass is 10.2. The van der Waals surface area contributed by atoms with E-state index in [1.807, 2.05) is 75.4 Å². The molecule has 3 rings (SSSR count). The molecule has 32 heavy (non-hydrogen) atoms. The van der Waals surface area contributed by atoms with Crippen LogP contribution in [0.25, 0.3) is 0 Å². The Balaban J connectivity index is 1.60. The molecule has 0 spiro atoms. The number of nitrogens with one attached hydrogen (secondary N) is 1. The first-order chi connectivity index (χ1) is 15.2. The minimum absolute atomic E-state index is 0.189. The molecule has 1 saturated heterocycles. The Morgan fingerprint density at radius 3 is 2.47 bits per heavy atom. The van der Waals surface area contributed by atoms with Crippen LogP contribution in [0.15, 0.2) is 54.6 Å². The van der Waals surface area contributed by atoms with E-state index in [1.165, 1.54) is 0 Å². The average molecular weight is 552 g/mol. The fourth-order valence-electron chi connectivity index (χ4n) is 3.40. The molecule has 1 fully saturated rings. The number of halogens is 1. The number of hydrogen-bond acceptors (Lipinski definition) is 5. The lowest BCUT2D eigenvalue weighted by Gasteiger charge is -2.28. The number of carbonyl (C=O) groups is 2. The van der Waals surface area contributed by atoms with Crippen LogP contribution in [0.4, 0.5) is 9.59 Å². The van der Waals surface area contributed by atoms with Gasteiger partial charge in [-0.1, -0.05) is 42.5 Å². The van der Waals surface area contributed by atoms with Gasteiger partial charge < -0.3 is 19.5 Å². The smallest absolute Gasteiger partial charge is 0.410 e. The van der Waals surface area contributed by atoms with Crippen LogP contribution >= 0.6 is 22.6 Å². The predicted molar refractivity (Wildman–Crippen MR) is 130 cm³/mol. The summed E-state index contributed by atoms with van der Waals surface area (Å²) in [6, 6.07) is 16.7. The molecule has 1 N–H and O–H groups in total. The number of nitrogens with zero attached hydrogens (tertiary/aromatic N) is 1. The highest BCUT2D eigenvalue weighted by Crippen LogP contribution is 2.25. The molecule has 0 radical (unpaired) electrons. The summed E-state index contributed by atoms with van der Waals surface area (Å²) >= 11 is 2.21. The zero-order valence-corrected chi connectivity index (χ0v) is 20.7. The first-order valence-electron chi connectivity index (χ1n) is 10.6. The van der Waals surface area contributed by atoms with Crippen molar-refractivity contribution in [3.63, 3.8) is 0 Å². The van der Waals surface area contributed by atoms with Gasteiger partial charge in [0.05, 0.1) is 15.7 Å². The first-order valence-corrected chi connectivity index (χ1v) is 11.6. The number of ether oxygens (including phenoxy) is 3. The van der Waals surface area contributed by atoms with Crippen molar-refractivity contribution in [2.45, 2.75) is 51.5 Å². The van der Waals surface area contributed by atoms with Crippen LogP contribution in [0.5, 0.6) is 5.75 Å². The second-order valence-corrected chi connectivity index (χ2v) is 9.83. The molecule has 8 heteroatoms. The Bertz CT molecular complexity index is 916. The third kappa shape index (κ3) is 7.29. The summed E-state index contributed by atoms with van der Waals surface area (Å²) in [6.45, 7) is 6.31. The zero-order chi connectivity index (χ0) is 23.1. The van der Waals surface area contributed by atoms with Crippen LogP contribution in [-0.2, 0) is 16.1 Å². The van der Waals surface area contributed by atoms with E-state index in [9.17, 15) is 9.59 Å². The summed E-state index contributed by atoms with van der Waals surface area (Å²) in [7, 11) is 0. The molecule has 0 unspecified atom stereocenters. The lowest BCUT2D eigenvalue weighted by molar-refractivity contribution is 0.0184. The molecule has 1 aliphatic rings. The molecule has 2 atom stereocenters. The standard InChI is InChI=1S/C24H29IN2O5/c1-24(2,3)32-23(29)27-14-18(26-22(28)31-15-17-9-5-4-6-10-17)13-19(27)16-30-21-12-8-7-11-20(21)25/h4-12,18-19H,13-16H2,1-3H3,(H,26,28)/t18-,19+/m1/s1. The largest absolute Gasteiger partial charge is 0.490 e. The monoisotopic (exact) mass is 552 g/mol. The van der Waals surface area contributed by atoms with Gasteiger partial charge in [0, 0.05) is 6.54 Å². The molecule has 2 aromatic rings. The van der Waals surface area contributed by atoms with Gasteiger partial charge in [0.1, 0.15) is 24.6 Å². The van der Waals surface area contributed by atoms with Crippen LogP contribution in [-0.4, -0.2) is 47.9 Å². The summed E-state index contributed by atoms with van der Waals surface area (Å²) in [5.74, 6) is 0.760. The Morgan fingerprint density at radius 1 is 1.09 bits per heavy atom. The van der Waals surface area contributed by atoms with Gasteiger partial charge in [-0.05, 0) is 67.5 Å². The normalized spacial score (nSPS) is 18.2. The maximum atomic E-state index is 12.8. The minimum Gasteiger partial charge on any atom is -0.490 e. The Kier molecular flexibility index (Phi) is 8.22. The number of likely N-dealkylation sites (tertiary alicyclic amines) is 1. The number of benzene rings is 2. The molecule has 0 aromatic heterocycles. The van der Waals surface area contributed by atoms with E-state index in [1.54, 1.807) is 4.90 Å². The van der Waals surface area contributed by atoms with Gasteiger partial charge in [-0.25, -0.2) is 9.59 Å². The summed E-state index contributed by atoms with van der Waals surface area (Å²) in [6.07, 6.45) is -0.388. The first kappa shape index (κ1) is 24.2. The molecule has 0 saturated carbocycles. The maximum absolute atomic E-state index is 12.8. The highest BCUT2D eigenvalue weighted by molar-refractivity contribution is 14.1. The molecule has 0 aliphatic carbocycles. The molecule has 2 amide bonds. The van der Waals surface area contributed by atoms with Crippen LogP contribution in [0.1, 0.15) is 32.8 Å². The van der Waals surface area contributed by atoms with E-state index in [0.29, 0.717) is 19.6 Å². The second-order valence-electron chi connectivity index (χ2n) is 8.67. The van der Waals surface area contributed by atoms with E-state index >= 15 is 0 Å². The topological polar surface area (TPSA) is 77.1 Å². The number of hydrogen-bond donors (Lipinski definition) is 1. The fraction of sp³-hybridized carbons (Fsp3) is 0.417. The van der Waals surface area contributed by atoms with Crippen LogP contribution < -0.4 is 10.1 Å². The van der Waals surface area contributed by atoms with Crippen molar-refractivity contribution in [1.82, 2.24) is 10.2 Å².